The second-order valence-corrected chi connectivity index (χ2v) is 14.0. The predicted octanol–water partition coefficient (Wildman–Crippen LogP) is 3.86. The van der Waals surface area contributed by atoms with Crippen molar-refractivity contribution in [1.29, 1.82) is 0 Å². The number of rotatable bonds is 11. The fourth-order valence-corrected chi connectivity index (χ4v) is 5.92. The summed E-state index contributed by atoms with van der Waals surface area (Å²) in [6.45, 7) is 5.72. The molecule has 15 heteroatoms. The van der Waals surface area contributed by atoms with Gasteiger partial charge in [0.2, 0.25) is 0 Å². The van der Waals surface area contributed by atoms with Crippen molar-refractivity contribution < 1.29 is 27.3 Å². The fraction of sp³-hybridized carbons (Fsp3) is 0.450. The summed E-state index contributed by atoms with van der Waals surface area (Å²) in [5.41, 5.74) is 7.21. The van der Waals surface area contributed by atoms with Crippen LogP contribution >= 0.6 is 30.9 Å². The Kier molecular flexibility index (Phi) is 8.79. The number of hydrogen-bond donors (Lipinski definition) is 4. The van der Waals surface area contributed by atoms with E-state index >= 15 is 0 Å². The Balaban J connectivity index is 1.88. The van der Waals surface area contributed by atoms with Gasteiger partial charge in [0.25, 0.3) is 0 Å². The molecule has 2 heterocycles. The van der Waals surface area contributed by atoms with Gasteiger partial charge in [0.15, 0.2) is 31.6 Å². The third-order valence-electron chi connectivity index (χ3n) is 4.85. The van der Waals surface area contributed by atoms with Crippen LogP contribution in [0.1, 0.15) is 38.0 Å². The number of nitrogen functional groups attached to an aromatic ring is 1. The first-order valence-corrected chi connectivity index (χ1v) is 15.7. The smallest absolute Gasteiger partial charge is 0.375 e. The molecule has 0 saturated carbocycles. The average Bonchev–Trinajstić information content (AvgIpc) is 3.11. The Morgan fingerprint density at radius 3 is 2.40 bits per heavy atom. The minimum absolute atomic E-state index is 0.102. The molecule has 0 radical (unpaired) electrons. The standard InChI is InChI=1S/C20H28N5O6PS3/c1-11(2)9-14(10-31-32(26,27)28)22-17-16-18(23-19(21)34-16)25-20(24-17)33-12(3)13-5-7-15(8-6-13)35(4,29)30/h5-8,11-12,14H,9-10H2,1-4H3,(H2,26,27,28)(H3,21,22,23,24,25)/t12?,14-/m1/s1. The molecule has 35 heavy (non-hydrogen) atoms. The maximum atomic E-state index is 11.7. The number of thioether (sulfide) groups is 1. The quantitative estimate of drug-likeness (QED) is 0.151. The van der Waals surface area contributed by atoms with Crippen LogP contribution in [0.5, 0.6) is 0 Å². The van der Waals surface area contributed by atoms with Crippen LogP contribution in [0, 0.1) is 5.92 Å². The van der Waals surface area contributed by atoms with Crippen LogP contribution in [0.2, 0.25) is 0 Å². The molecule has 0 aliphatic heterocycles. The van der Waals surface area contributed by atoms with Crippen molar-refractivity contribution in [2.45, 2.75) is 48.5 Å². The average molecular weight is 562 g/mol. The zero-order valence-electron chi connectivity index (χ0n) is 19.6. The largest absolute Gasteiger partial charge is 0.469 e. The highest BCUT2D eigenvalue weighted by molar-refractivity contribution is 7.99. The molecule has 0 aliphatic rings. The summed E-state index contributed by atoms with van der Waals surface area (Å²) < 4.78 is 40.1. The number of thiazole rings is 1. The lowest BCUT2D eigenvalue weighted by atomic mass is 10.0. The van der Waals surface area contributed by atoms with Gasteiger partial charge in [-0.2, -0.15) is 0 Å². The number of nitrogens with two attached hydrogens (primary N) is 1. The third kappa shape index (κ3) is 8.10. The van der Waals surface area contributed by atoms with Gasteiger partial charge in [-0.1, -0.05) is 49.1 Å². The number of hydrogen-bond acceptors (Lipinski definition) is 11. The van der Waals surface area contributed by atoms with Crippen LogP contribution in [0.4, 0.5) is 10.9 Å². The van der Waals surface area contributed by atoms with Gasteiger partial charge in [-0.3, -0.25) is 4.52 Å². The molecule has 11 nitrogen and oxygen atoms in total. The van der Waals surface area contributed by atoms with E-state index in [1.807, 2.05) is 20.8 Å². The summed E-state index contributed by atoms with van der Waals surface area (Å²) in [5, 5.41) is 3.87. The summed E-state index contributed by atoms with van der Waals surface area (Å²) >= 11 is 2.57. The molecule has 0 amide bonds. The second kappa shape index (κ2) is 11.1. The molecule has 0 fully saturated rings. The molecule has 1 aromatic carbocycles. The van der Waals surface area contributed by atoms with Crippen LogP contribution in [0.3, 0.4) is 0 Å². The van der Waals surface area contributed by atoms with Crippen molar-refractivity contribution in [3.8, 4) is 0 Å². The van der Waals surface area contributed by atoms with Crippen molar-refractivity contribution in [1.82, 2.24) is 15.0 Å². The molecule has 1 unspecified atom stereocenters. The van der Waals surface area contributed by atoms with Gasteiger partial charge in [0.1, 0.15) is 4.70 Å². The summed E-state index contributed by atoms with van der Waals surface area (Å²) in [5.74, 6) is 0.673. The highest BCUT2D eigenvalue weighted by Gasteiger charge is 2.22. The summed E-state index contributed by atoms with van der Waals surface area (Å²) in [6, 6.07) is 6.22. The van der Waals surface area contributed by atoms with Crippen LogP contribution in [-0.2, 0) is 18.9 Å². The van der Waals surface area contributed by atoms with E-state index in [4.69, 9.17) is 20.0 Å². The Morgan fingerprint density at radius 1 is 1.17 bits per heavy atom. The van der Waals surface area contributed by atoms with Gasteiger partial charge in [0.05, 0.1) is 17.5 Å². The van der Waals surface area contributed by atoms with Gasteiger partial charge in [-0.25, -0.2) is 27.9 Å². The normalized spacial score (nSPS) is 14.4. The lowest BCUT2D eigenvalue weighted by Gasteiger charge is -2.22. The van der Waals surface area contributed by atoms with Crippen LogP contribution in [-0.4, -0.2) is 52.1 Å². The molecule has 0 spiro atoms. The Hall–Kier alpha value is -1.80. The van der Waals surface area contributed by atoms with Crippen molar-refractivity contribution in [2.24, 2.45) is 5.92 Å². The Bertz CT molecular complexity index is 1330. The van der Waals surface area contributed by atoms with Crippen molar-refractivity contribution in [3.63, 3.8) is 0 Å². The monoisotopic (exact) mass is 561 g/mol. The number of sulfone groups is 1. The van der Waals surface area contributed by atoms with E-state index in [2.05, 4.69) is 20.3 Å². The molecular weight excluding hydrogens is 533 g/mol. The molecule has 2 aromatic heterocycles. The molecule has 2 atom stereocenters. The maximum absolute atomic E-state index is 11.7. The number of nitrogens with one attached hydrogen (secondary N) is 1. The number of benzene rings is 1. The number of nitrogens with zero attached hydrogens (tertiary/aromatic N) is 3. The third-order valence-corrected chi connectivity index (χ3v) is 8.36. The van der Waals surface area contributed by atoms with Crippen molar-refractivity contribution in [2.75, 3.05) is 23.9 Å². The van der Waals surface area contributed by atoms with Gasteiger partial charge in [-0.15, -0.1) is 0 Å². The minimum Gasteiger partial charge on any atom is -0.375 e. The van der Waals surface area contributed by atoms with Gasteiger partial charge in [0, 0.05) is 11.5 Å². The number of aromatic nitrogens is 3. The van der Waals surface area contributed by atoms with E-state index < -0.39 is 23.7 Å². The first kappa shape index (κ1) is 27.8. The van der Waals surface area contributed by atoms with E-state index in [1.165, 1.54) is 23.1 Å². The molecule has 5 N–H and O–H groups in total. The summed E-state index contributed by atoms with van der Waals surface area (Å²) in [7, 11) is -7.92. The van der Waals surface area contributed by atoms with Crippen molar-refractivity contribution >= 4 is 62.1 Å². The van der Waals surface area contributed by atoms with E-state index in [1.54, 1.807) is 24.3 Å². The SMILES string of the molecule is CC(C)C[C@H](COP(=O)(O)O)Nc1nc(SC(C)c2ccc(S(C)(=O)=O)cc2)nc2nc(N)sc12. The van der Waals surface area contributed by atoms with Crippen LogP contribution in [0.25, 0.3) is 10.3 Å². The molecule has 192 valence electrons. The van der Waals surface area contributed by atoms with Crippen LogP contribution in [0.15, 0.2) is 34.3 Å². The number of phosphoric acid groups is 1. The molecule has 0 aliphatic carbocycles. The lowest BCUT2D eigenvalue weighted by molar-refractivity contribution is 0.184. The Morgan fingerprint density at radius 2 is 1.83 bits per heavy atom. The fourth-order valence-electron chi connectivity index (χ4n) is 3.30. The van der Waals surface area contributed by atoms with E-state index in [0.717, 1.165) is 11.8 Å². The zero-order valence-corrected chi connectivity index (χ0v) is 22.9. The molecule has 3 rings (SSSR count). The molecule has 0 bridgehead atoms. The molecule has 3 aromatic rings. The first-order chi connectivity index (χ1) is 16.2. The molecule has 0 saturated heterocycles. The number of anilines is 2. The highest BCUT2D eigenvalue weighted by Crippen LogP contribution is 2.38. The minimum atomic E-state index is -4.63. The maximum Gasteiger partial charge on any atom is 0.469 e. The van der Waals surface area contributed by atoms with Gasteiger partial charge < -0.3 is 20.8 Å². The van der Waals surface area contributed by atoms with Crippen LogP contribution < -0.4 is 11.1 Å². The topological polar surface area (TPSA) is 178 Å². The predicted molar refractivity (Wildman–Crippen MR) is 138 cm³/mol. The van der Waals surface area contributed by atoms with Crippen molar-refractivity contribution in [3.05, 3.63) is 29.8 Å². The first-order valence-electron chi connectivity index (χ1n) is 10.6. The summed E-state index contributed by atoms with van der Waals surface area (Å²) in [6.07, 6.45) is 1.74. The van der Waals surface area contributed by atoms with Gasteiger partial charge in [-0.05, 0) is 37.0 Å². The highest BCUT2D eigenvalue weighted by atomic mass is 32.2. The lowest BCUT2D eigenvalue weighted by Crippen LogP contribution is -2.27. The van der Waals surface area contributed by atoms with Gasteiger partial charge >= 0.3 is 7.82 Å². The number of fused-ring (bicyclic) bond motifs is 1. The second-order valence-electron chi connectivity index (χ2n) is 8.42. The Labute approximate surface area is 212 Å². The van der Waals surface area contributed by atoms with E-state index in [0.29, 0.717) is 32.9 Å². The van der Waals surface area contributed by atoms with E-state index in [-0.39, 0.29) is 22.7 Å². The number of phosphoric ester groups is 1. The zero-order chi connectivity index (χ0) is 26.0. The summed E-state index contributed by atoms with van der Waals surface area (Å²) in [4.78, 5) is 31.9. The molecular formula is C20H28N5O6PS3. The van der Waals surface area contributed by atoms with E-state index in [9.17, 15) is 13.0 Å².